The van der Waals surface area contributed by atoms with E-state index in [1.165, 1.54) is 29.8 Å². The van der Waals surface area contributed by atoms with E-state index in [1.54, 1.807) is 0 Å². The van der Waals surface area contributed by atoms with Gasteiger partial charge in [-0.1, -0.05) is 6.92 Å². The van der Waals surface area contributed by atoms with Crippen molar-refractivity contribution >= 4 is 5.97 Å². The number of halogens is 1. The van der Waals surface area contributed by atoms with Crippen LogP contribution in [-0.2, 0) is 4.74 Å². The molecule has 1 unspecified atom stereocenters. The number of hydrogen-bond donors (Lipinski definition) is 1. The molecule has 118 valence electrons. The van der Waals surface area contributed by atoms with Crippen LogP contribution in [0.1, 0.15) is 53.0 Å². The minimum atomic E-state index is -0.421. The van der Waals surface area contributed by atoms with E-state index in [4.69, 9.17) is 4.74 Å². The molecule has 0 aliphatic rings. The molecule has 1 atom stereocenters. The van der Waals surface area contributed by atoms with E-state index in [-0.39, 0.29) is 5.82 Å². The summed E-state index contributed by atoms with van der Waals surface area (Å²) < 4.78 is 18.1. The van der Waals surface area contributed by atoms with Crippen LogP contribution in [0.3, 0.4) is 0 Å². The average Bonchev–Trinajstić information content (AvgIpc) is 2.84. The number of hydrogen-bond acceptors (Lipinski definition) is 3. The Labute approximate surface area is 129 Å². The summed E-state index contributed by atoms with van der Waals surface area (Å²) in [6.07, 6.45) is 1.69. The molecular weight excluding hydrogens is 283 g/mol. The predicted molar refractivity (Wildman–Crippen MR) is 82.4 cm³/mol. The third kappa shape index (κ3) is 3.72. The Hall–Kier alpha value is -2.17. The zero-order chi connectivity index (χ0) is 16.1. The standard InChI is InChI=1S/C17H21FN2O2/c1-4-13(16-11(2)19-20-12(16)3)9-10-22-17(21)14-5-7-15(18)8-6-14/h5-8,13H,4,9-10H2,1-3H3,(H,19,20). The minimum absolute atomic E-state index is 0.305. The SMILES string of the molecule is CCC(CCOC(=O)c1ccc(F)cc1)c1c(C)n[nH]c1C. The van der Waals surface area contributed by atoms with Gasteiger partial charge in [-0.2, -0.15) is 5.10 Å². The quantitative estimate of drug-likeness (QED) is 0.823. The molecule has 2 aromatic rings. The average molecular weight is 304 g/mol. The lowest BCUT2D eigenvalue weighted by Crippen LogP contribution is -2.10. The van der Waals surface area contributed by atoms with E-state index in [9.17, 15) is 9.18 Å². The molecule has 22 heavy (non-hydrogen) atoms. The van der Waals surface area contributed by atoms with Crippen molar-refractivity contribution in [3.8, 4) is 0 Å². The Balaban J connectivity index is 1.92. The molecule has 0 saturated heterocycles. The highest BCUT2D eigenvalue weighted by atomic mass is 19.1. The molecule has 4 nitrogen and oxygen atoms in total. The number of carbonyl (C=O) groups excluding carboxylic acids is 1. The first kappa shape index (κ1) is 16.2. The molecule has 0 bridgehead atoms. The number of ether oxygens (including phenoxy) is 1. The van der Waals surface area contributed by atoms with Crippen LogP contribution in [0.4, 0.5) is 4.39 Å². The Morgan fingerprint density at radius 3 is 2.55 bits per heavy atom. The van der Waals surface area contributed by atoms with Gasteiger partial charge in [-0.05, 0) is 62.4 Å². The molecule has 0 aliphatic carbocycles. The second-order valence-electron chi connectivity index (χ2n) is 5.38. The van der Waals surface area contributed by atoms with Gasteiger partial charge in [0.2, 0.25) is 0 Å². The van der Waals surface area contributed by atoms with Crippen molar-refractivity contribution in [2.75, 3.05) is 6.61 Å². The number of aryl methyl sites for hydroxylation is 2. The fraction of sp³-hybridized carbons (Fsp3) is 0.412. The van der Waals surface area contributed by atoms with Crippen molar-refractivity contribution in [1.82, 2.24) is 10.2 Å². The number of nitrogens with one attached hydrogen (secondary N) is 1. The van der Waals surface area contributed by atoms with Crippen molar-refractivity contribution in [2.24, 2.45) is 0 Å². The van der Waals surface area contributed by atoms with Crippen LogP contribution in [-0.4, -0.2) is 22.8 Å². The summed E-state index contributed by atoms with van der Waals surface area (Å²) in [6, 6.07) is 5.37. The monoisotopic (exact) mass is 304 g/mol. The van der Waals surface area contributed by atoms with E-state index < -0.39 is 5.97 Å². The van der Waals surface area contributed by atoms with Crippen LogP contribution in [0.5, 0.6) is 0 Å². The van der Waals surface area contributed by atoms with Crippen LogP contribution < -0.4 is 0 Å². The number of esters is 1. The lowest BCUT2D eigenvalue weighted by molar-refractivity contribution is 0.0492. The van der Waals surface area contributed by atoms with Gasteiger partial charge in [-0.25, -0.2) is 9.18 Å². The number of aromatic nitrogens is 2. The third-order valence-electron chi connectivity index (χ3n) is 3.87. The number of benzene rings is 1. The molecule has 1 aromatic heterocycles. The number of carbonyl (C=O) groups is 1. The van der Waals surface area contributed by atoms with E-state index in [0.29, 0.717) is 18.1 Å². The van der Waals surface area contributed by atoms with Crippen molar-refractivity contribution in [2.45, 2.75) is 39.5 Å². The normalized spacial score (nSPS) is 12.2. The van der Waals surface area contributed by atoms with Crippen LogP contribution in [0.2, 0.25) is 0 Å². The first-order valence-corrected chi connectivity index (χ1v) is 7.47. The molecule has 0 saturated carbocycles. The van der Waals surface area contributed by atoms with Gasteiger partial charge in [0.25, 0.3) is 0 Å². The van der Waals surface area contributed by atoms with E-state index >= 15 is 0 Å². The Bertz CT molecular complexity index is 615. The second-order valence-corrected chi connectivity index (χ2v) is 5.38. The van der Waals surface area contributed by atoms with Gasteiger partial charge in [-0.15, -0.1) is 0 Å². The van der Waals surface area contributed by atoms with Gasteiger partial charge >= 0.3 is 5.97 Å². The molecule has 1 heterocycles. The van der Waals surface area contributed by atoms with Crippen molar-refractivity contribution in [3.63, 3.8) is 0 Å². The Kier molecular flexibility index (Phi) is 5.31. The van der Waals surface area contributed by atoms with Crippen LogP contribution in [0.15, 0.2) is 24.3 Å². The summed E-state index contributed by atoms with van der Waals surface area (Å²) in [6.45, 7) is 6.42. The second kappa shape index (κ2) is 7.20. The zero-order valence-electron chi connectivity index (χ0n) is 13.1. The summed E-state index contributed by atoms with van der Waals surface area (Å²) >= 11 is 0. The molecule has 1 aromatic carbocycles. The van der Waals surface area contributed by atoms with Gasteiger partial charge in [0.1, 0.15) is 5.82 Å². The first-order valence-electron chi connectivity index (χ1n) is 7.47. The van der Waals surface area contributed by atoms with Crippen molar-refractivity contribution in [1.29, 1.82) is 0 Å². The predicted octanol–water partition coefficient (Wildman–Crippen LogP) is 3.91. The maximum Gasteiger partial charge on any atom is 0.338 e. The Morgan fingerprint density at radius 2 is 2.00 bits per heavy atom. The van der Waals surface area contributed by atoms with Crippen molar-refractivity contribution < 1.29 is 13.9 Å². The summed E-state index contributed by atoms with van der Waals surface area (Å²) in [7, 11) is 0. The molecular formula is C17H21FN2O2. The topological polar surface area (TPSA) is 55.0 Å². The molecule has 0 spiro atoms. The largest absolute Gasteiger partial charge is 0.462 e. The van der Waals surface area contributed by atoms with Crippen molar-refractivity contribution in [3.05, 3.63) is 52.6 Å². The molecule has 5 heteroatoms. The van der Waals surface area contributed by atoms with E-state index in [0.717, 1.165) is 24.2 Å². The lowest BCUT2D eigenvalue weighted by Gasteiger charge is -2.15. The van der Waals surface area contributed by atoms with Gasteiger partial charge in [0.05, 0.1) is 17.9 Å². The molecule has 0 radical (unpaired) electrons. The number of H-pyrrole nitrogens is 1. The fourth-order valence-corrected chi connectivity index (χ4v) is 2.68. The Morgan fingerprint density at radius 1 is 1.32 bits per heavy atom. The zero-order valence-corrected chi connectivity index (χ0v) is 13.1. The number of rotatable bonds is 6. The smallest absolute Gasteiger partial charge is 0.338 e. The maximum atomic E-state index is 12.8. The van der Waals surface area contributed by atoms with Gasteiger partial charge in [0, 0.05) is 5.69 Å². The molecule has 0 fully saturated rings. The highest BCUT2D eigenvalue weighted by Gasteiger charge is 2.18. The van der Waals surface area contributed by atoms with E-state index in [2.05, 4.69) is 17.1 Å². The minimum Gasteiger partial charge on any atom is -0.462 e. The summed E-state index contributed by atoms with van der Waals surface area (Å²) in [5.41, 5.74) is 3.63. The molecule has 0 amide bonds. The number of nitrogens with zero attached hydrogens (tertiary/aromatic N) is 1. The van der Waals surface area contributed by atoms with Gasteiger partial charge in [0.15, 0.2) is 0 Å². The van der Waals surface area contributed by atoms with E-state index in [1.807, 2.05) is 13.8 Å². The summed E-state index contributed by atoms with van der Waals surface area (Å²) in [4.78, 5) is 11.9. The highest BCUT2D eigenvalue weighted by Crippen LogP contribution is 2.27. The maximum absolute atomic E-state index is 12.8. The lowest BCUT2D eigenvalue weighted by atomic mass is 9.92. The van der Waals surface area contributed by atoms with Crippen LogP contribution in [0, 0.1) is 19.7 Å². The molecule has 0 aliphatic heterocycles. The first-order chi connectivity index (χ1) is 10.5. The summed E-state index contributed by atoms with van der Waals surface area (Å²) in [5.74, 6) is -0.483. The fourth-order valence-electron chi connectivity index (χ4n) is 2.68. The molecule has 2 rings (SSSR count). The number of aromatic amines is 1. The van der Waals surface area contributed by atoms with Crippen LogP contribution >= 0.6 is 0 Å². The summed E-state index contributed by atoms with van der Waals surface area (Å²) in [5, 5.41) is 7.20. The third-order valence-corrected chi connectivity index (χ3v) is 3.87. The van der Waals surface area contributed by atoms with Gasteiger partial charge in [-0.3, -0.25) is 5.10 Å². The van der Waals surface area contributed by atoms with Crippen LogP contribution in [0.25, 0.3) is 0 Å². The molecule has 1 N–H and O–H groups in total. The van der Waals surface area contributed by atoms with Gasteiger partial charge < -0.3 is 4.74 Å². The highest BCUT2D eigenvalue weighted by molar-refractivity contribution is 5.89.